The lowest BCUT2D eigenvalue weighted by atomic mass is 10.2. The minimum absolute atomic E-state index is 0.160. The van der Waals surface area contributed by atoms with Crippen LogP contribution in [0.5, 0.6) is 0 Å². The summed E-state index contributed by atoms with van der Waals surface area (Å²) in [5, 5.41) is 7.85. The molecule has 0 saturated carbocycles. The molecule has 0 spiro atoms. The van der Waals surface area contributed by atoms with Crippen LogP contribution in [0, 0.1) is 19.7 Å². The normalized spacial score (nSPS) is 11.0. The molecule has 0 fully saturated rings. The second-order valence-corrected chi connectivity index (χ2v) is 5.03. The van der Waals surface area contributed by atoms with Gasteiger partial charge < -0.3 is 5.32 Å². The Morgan fingerprint density at radius 1 is 1.32 bits per heavy atom. The standard InChI is InChI=1S/C14H17ClFN3/c1-9-12(10(2)19(3)18-9)8-17-7-11-4-5-14(16)13(15)6-11/h4-6,17H,7-8H2,1-3H3. The van der Waals surface area contributed by atoms with Crippen molar-refractivity contribution in [1.82, 2.24) is 15.1 Å². The molecule has 0 aliphatic heterocycles. The van der Waals surface area contributed by atoms with E-state index in [4.69, 9.17) is 11.6 Å². The number of rotatable bonds is 4. The van der Waals surface area contributed by atoms with Gasteiger partial charge in [0.25, 0.3) is 0 Å². The molecule has 0 unspecified atom stereocenters. The highest BCUT2D eigenvalue weighted by molar-refractivity contribution is 6.30. The van der Waals surface area contributed by atoms with Crippen LogP contribution in [0.2, 0.25) is 5.02 Å². The average molecular weight is 282 g/mol. The summed E-state index contributed by atoms with van der Waals surface area (Å²) in [5.41, 5.74) is 4.35. The van der Waals surface area contributed by atoms with E-state index in [0.29, 0.717) is 6.54 Å². The van der Waals surface area contributed by atoms with Crippen molar-refractivity contribution in [3.05, 3.63) is 51.6 Å². The van der Waals surface area contributed by atoms with Gasteiger partial charge >= 0.3 is 0 Å². The Balaban J connectivity index is 1.98. The third-order valence-electron chi connectivity index (χ3n) is 3.27. The predicted molar refractivity (Wildman–Crippen MR) is 74.6 cm³/mol. The molecule has 102 valence electrons. The van der Waals surface area contributed by atoms with Crippen LogP contribution in [0.3, 0.4) is 0 Å². The van der Waals surface area contributed by atoms with Crippen LogP contribution >= 0.6 is 11.6 Å². The van der Waals surface area contributed by atoms with Crippen LogP contribution in [0.25, 0.3) is 0 Å². The SMILES string of the molecule is Cc1nn(C)c(C)c1CNCc1ccc(F)c(Cl)c1. The van der Waals surface area contributed by atoms with E-state index < -0.39 is 0 Å². The summed E-state index contributed by atoms with van der Waals surface area (Å²) in [4.78, 5) is 0. The van der Waals surface area contributed by atoms with Crippen molar-refractivity contribution in [1.29, 1.82) is 0 Å². The first-order valence-corrected chi connectivity index (χ1v) is 6.50. The maximum Gasteiger partial charge on any atom is 0.141 e. The number of nitrogens with zero attached hydrogens (tertiary/aromatic N) is 2. The molecule has 0 aliphatic carbocycles. The number of nitrogens with one attached hydrogen (secondary N) is 1. The number of hydrogen-bond donors (Lipinski definition) is 1. The molecule has 0 saturated heterocycles. The quantitative estimate of drug-likeness (QED) is 0.933. The van der Waals surface area contributed by atoms with Crippen molar-refractivity contribution >= 4 is 11.6 Å². The molecule has 1 heterocycles. The van der Waals surface area contributed by atoms with Crippen LogP contribution in [0.1, 0.15) is 22.5 Å². The van der Waals surface area contributed by atoms with Gasteiger partial charge in [-0.1, -0.05) is 17.7 Å². The van der Waals surface area contributed by atoms with Crippen LogP contribution in [0.15, 0.2) is 18.2 Å². The highest BCUT2D eigenvalue weighted by Crippen LogP contribution is 2.16. The van der Waals surface area contributed by atoms with Gasteiger partial charge in [-0.2, -0.15) is 5.10 Å². The molecule has 0 aliphatic rings. The Labute approximate surface area is 117 Å². The highest BCUT2D eigenvalue weighted by Gasteiger charge is 2.08. The van der Waals surface area contributed by atoms with Crippen LogP contribution in [-0.4, -0.2) is 9.78 Å². The van der Waals surface area contributed by atoms with Crippen LogP contribution in [-0.2, 0) is 20.1 Å². The molecular weight excluding hydrogens is 265 g/mol. The summed E-state index contributed by atoms with van der Waals surface area (Å²) < 4.78 is 14.9. The van der Waals surface area contributed by atoms with E-state index in [1.807, 2.05) is 25.6 Å². The van der Waals surface area contributed by atoms with Crippen molar-refractivity contribution < 1.29 is 4.39 Å². The molecule has 0 atom stereocenters. The lowest BCUT2D eigenvalue weighted by Crippen LogP contribution is -2.14. The fourth-order valence-electron chi connectivity index (χ4n) is 2.05. The van der Waals surface area contributed by atoms with E-state index in [1.54, 1.807) is 12.1 Å². The second kappa shape index (κ2) is 5.72. The lowest BCUT2D eigenvalue weighted by Gasteiger charge is -2.06. The lowest BCUT2D eigenvalue weighted by molar-refractivity contribution is 0.625. The number of benzene rings is 1. The Hall–Kier alpha value is -1.39. The maximum absolute atomic E-state index is 13.0. The molecule has 3 nitrogen and oxygen atoms in total. The number of halogens is 2. The minimum Gasteiger partial charge on any atom is -0.308 e. The monoisotopic (exact) mass is 281 g/mol. The van der Waals surface area contributed by atoms with Crippen molar-refractivity contribution in [2.75, 3.05) is 0 Å². The zero-order valence-electron chi connectivity index (χ0n) is 11.3. The molecule has 0 bridgehead atoms. The molecule has 19 heavy (non-hydrogen) atoms. The smallest absolute Gasteiger partial charge is 0.141 e. The van der Waals surface area contributed by atoms with Crippen molar-refractivity contribution in [3.8, 4) is 0 Å². The summed E-state index contributed by atoms with van der Waals surface area (Å²) in [6.07, 6.45) is 0. The molecule has 0 amide bonds. The van der Waals surface area contributed by atoms with E-state index in [1.165, 1.54) is 11.6 Å². The molecular formula is C14H17ClFN3. The van der Waals surface area contributed by atoms with E-state index in [2.05, 4.69) is 10.4 Å². The predicted octanol–water partition coefficient (Wildman–Crippen LogP) is 3.12. The molecule has 0 radical (unpaired) electrons. The molecule has 5 heteroatoms. The van der Waals surface area contributed by atoms with Gasteiger partial charge in [-0.25, -0.2) is 4.39 Å². The summed E-state index contributed by atoms with van der Waals surface area (Å²) in [6.45, 7) is 5.43. The van der Waals surface area contributed by atoms with E-state index in [9.17, 15) is 4.39 Å². The molecule has 1 aromatic heterocycles. The van der Waals surface area contributed by atoms with Gasteiger partial charge in [0.15, 0.2) is 0 Å². The van der Waals surface area contributed by atoms with Gasteiger partial charge in [0.05, 0.1) is 10.7 Å². The zero-order chi connectivity index (χ0) is 14.0. The Morgan fingerprint density at radius 2 is 2.05 bits per heavy atom. The van der Waals surface area contributed by atoms with Crippen molar-refractivity contribution in [2.24, 2.45) is 7.05 Å². The zero-order valence-corrected chi connectivity index (χ0v) is 12.1. The average Bonchev–Trinajstić information content (AvgIpc) is 2.60. The highest BCUT2D eigenvalue weighted by atomic mass is 35.5. The van der Waals surface area contributed by atoms with Gasteiger partial charge in [-0.15, -0.1) is 0 Å². The number of hydrogen-bond acceptors (Lipinski definition) is 2. The number of aromatic nitrogens is 2. The summed E-state index contributed by atoms with van der Waals surface area (Å²) in [7, 11) is 1.94. The van der Waals surface area contributed by atoms with Gasteiger partial charge in [0.2, 0.25) is 0 Å². The Kier molecular flexibility index (Phi) is 4.22. The van der Waals surface area contributed by atoms with Crippen LogP contribution < -0.4 is 5.32 Å². The molecule has 1 N–H and O–H groups in total. The third kappa shape index (κ3) is 3.14. The van der Waals surface area contributed by atoms with Gasteiger partial charge in [-0.3, -0.25) is 4.68 Å². The van der Waals surface area contributed by atoms with Gasteiger partial charge in [-0.05, 0) is 31.5 Å². The minimum atomic E-state index is -0.385. The maximum atomic E-state index is 13.0. The summed E-state index contributed by atoms with van der Waals surface area (Å²) in [6, 6.07) is 4.77. The largest absolute Gasteiger partial charge is 0.308 e. The second-order valence-electron chi connectivity index (χ2n) is 4.62. The van der Waals surface area contributed by atoms with E-state index in [0.717, 1.165) is 23.5 Å². The first-order valence-electron chi connectivity index (χ1n) is 6.12. The Bertz CT molecular complexity index is 593. The summed E-state index contributed by atoms with van der Waals surface area (Å²) in [5.74, 6) is -0.385. The fourth-order valence-corrected chi connectivity index (χ4v) is 2.26. The first-order chi connectivity index (χ1) is 8.99. The van der Waals surface area contributed by atoms with Crippen molar-refractivity contribution in [3.63, 3.8) is 0 Å². The molecule has 2 aromatic rings. The number of aryl methyl sites for hydroxylation is 2. The third-order valence-corrected chi connectivity index (χ3v) is 3.56. The Morgan fingerprint density at radius 3 is 2.63 bits per heavy atom. The summed E-state index contributed by atoms with van der Waals surface area (Å²) >= 11 is 5.75. The van der Waals surface area contributed by atoms with Gasteiger partial charge in [0, 0.05) is 31.4 Å². The van der Waals surface area contributed by atoms with Crippen LogP contribution in [0.4, 0.5) is 4.39 Å². The van der Waals surface area contributed by atoms with Crippen molar-refractivity contribution in [2.45, 2.75) is 26.9 Å². The van der Waals surface area contributed by atoms with Gasteiger partial charge in [0.1, 0.15) is 5.82 Å². The van der Waals surface area contributed by atoms with E-state index in [-0.39, 0.29) is 10.8 Å². The fraction of sp³-hybridized carbons (Fsp3) is 0.357. The molecule has 2 rings (SSSR count). The molecule has 1 aromatic carbocycles. The van der Waals surface area contributed by atoms with E-state index >= 15 is 0 Å². The topological polar surface area (TPSA) is 29.9 Å². The first kappa shape index (κ1) is 14.0.